The van der Waals surface area contributed by atoms with Gasteiger partial charge in [0.05, 0.1) is 6.20 Å². The third-order valence-corrected chi connectivity index (χ3v) is 2.86. The number of nitrogens with one attached hydrogen (secondary N) is 1. The summed E-state index contributed by atoms with van der Waals surface area (Å²) in [5, 5.41) is 6.38. The molecule has 0 saturated carbocycles. The number of anilines is 2. The van der Waals surface area contributed by atoms with Crippen LogP contribution in [-0.2, 0) is 0 Å². The Morgan fingerprint density at radius 1 is 1.28 bits per heavy atom. The zero-order valence-corrected chi connectivity index (χ0v) is 10.6. The van der Waals surface area contributed by atoms with Gasteiger partial charge in [-0.15, -0.1) is 0 Å². The van der Waals surface area contributed by atoms with Crippen molar-refractivity contribution in [3.05, 3.63) is 40.8 Å². The third-order valence-electron chi connectivity index (χ3n) is 2.86. The van der Waals surface area contributed by atoms with Gasteiger partial charge in [-0.1, -0.05) is 11.2 Å². The molecular weight excluding hydrogens is 230 g/mol. The molecule has 5 heteroatoms. The van der Waals surface area contributed by atoms with Gasteiger partial charge in [0.1, 0.15) is 11.3 Å². The number of hydrogen-bond donors (Lipinski definition) is 2. The molecule has 1 aromatic carbocycles. The first-order valence-corrected chi connectivity index (χ1v) is 5.58. The van der Waals surface area contributed by atoms with Crippen molar-refractivity contribution in [1.82, 2.24) is 5.16 Å². The van der Waals surface area contributed by atoms with Gasteiger partial charge in [-0.05, 0) is 38.0 Å². The Balaban J connectivity index is 2.28. The fourth-order valence-electron chi connectivity index (χ4n) is 1.71. The average molecular weight is 245 g/mol. The van der Waals surface area contributed by atoms with Gasteiger partial charge in [0, 0.05) is 11.4 Å². The molecule has 0 bridgehead atoms. The maximum absolute atomic E-state index is 12.0. The molecule has 1 amide bonds. The fourth-order valence-corrected chi connectivity index (χ4v) is 1.71. The molecule has 0 radical (unpaired) electrons. The Labute approximate surface area is 105 Å². The molecule has 94 valence electrons. The number of hydrogen-bond acceptors (Lipinski definition) is 4. The van der Waals surface area contributed by atoms with E-state index in [9.17, 15) is 4.79 Å². The Kier molecular flexibility index (Phi) is 3.06. The van der Waals surface area contributed by atoms with Gasteiger partial charge in [-0.3, -0.25) is 4.79 Å². The second kappa shape index (κ2) is 4.52. The van der Waals surface area contributed by atoms with Crippen molar-refractivity contribution in [1.29, 1.82) is 0 Å². The van der Waals surface area contributed by atoms with Crippen LogP contribution >= 0.6 is 0 Å². The van der Waals surface area contributed by atoms with Crippen LogP contribution in [0.5, 0.6) is 0 Å². The number of aryl methyl sites for hydroxylation is 3. The molecule has 1 aromatic heterocycles. The highest BCUT2D eigenvalue weighted by molar-refractivity contribution is 6.05. The number of carbonyl (C=O) groups excluding carboxylic acids is 1. The molecule has 18 heavy (non-hydrogen) atoms. The second-order valence-corrected chi connectivity index (χ2v) is 4.27. The molecule has 2 aromatic rings. The topological polar surface area (TPSA) is 81.2 Å². The number of rotatable bonds is 2. The molecule has 2 rings (SSSR count). The van der Waals surface area contributed by atoms with Crippen molar-refractivity contribution in [2.24, 2.45) is 0 Å². The summed E-state index contributed by atoms with van der Waals surface area (Å²) in [4.78, 5) is 12.0. The Bertz CT molecular complexity index is 602. The van der Waals surface area contributed by atoms with Crippen molar-refractivity contribution in [3.63, 3.8) is 0 Å². The van der Waals surface area contributed by atoms with E-state index in [0.29, 0.717) is 22.7 Å². The van der Waals surface area contributed by atoms with Gasteiger partial charge >= 0.3 is 0 Å². The summed E-state index contributed by atoms with van der Waals surface area (Å²) in [6.45, 7) is 5.54. The summed E-state index contributed by atoms with van der Waals surface area (Å²) in [5.74, 6) is 0.241. The van der Waals surface area contributed by atoms with E-state index in [1.165, 1.54) is 6.20 Å². The van der Waals surface area contributed by atoms with Crippen LogP contribution in [0.15, 0.2) is 22.9 Å². The third kappa shape index (κ3) is 2.20. The van der Waals surface area contributed by atoms with E-state index in [0.717, 1.165) is 11.1 Å². The zero-order valence-electron chi connectivity index (χ0n) is 10.6. The van der Waals surface area contributed by atoms with Crippen LogP contribution in [0.1, 0.15) is 27.2 Å². The SMILES string of the molecule is Cc1cc(C)c(NC(=O)c2cnoc2C)cc1N. The fraction of sp³-hybridized carbons (Fsp3) is 0.231. The molecule has 0 saturated heterocycles. The molecule has 5 nitrogen and oxygen atoms in total. The average Bonchev–Trinajstić information content (AvgIpc) is 2.72. The smallest absolute Gasteiger partial charge is 0.260 e. The Morgan fingerprint density at radius 2 is 2.00 bits per heavy atom. The maximum atomic E-state index is 12.0. The summed E-state index contributed by atoms with van der Waals surface area (Å²) in [5.41, 5.74) is 9.56. The molecule has 0 atom stereocenters. The first kappa shape index (κ1) is 12.2. The molecular formula is C13H15N3O2. The van der Waals surface area contributed by atoms with E-state index < -0.39 is 0 Å². The van der Waals surface area contributed by atoms with Crippen LogP contribution in [0.4, 0.5) is 11.4 Å². The highest BCUT2D eigenvalue weighted by Crippen LogP contribution is 2.23. The van der Waals surface area contributed by atoms with E-state index in [1.807, 2.05) is 19.9 Å². The lowest BCUT2D eigenvalue weighted by molar-refractivity contribution is 0.102. The minimum atomic E-state index is -0.250. The normalized spacial score (nSPS) is 10.4. The van der Waals surface area contributed by atoms with Crippen LogP contribution in [0, 0.1) is 20.8 Å². The summed E-state index contributed by atoms with van der Waals surface area (Å²) in [6, 6.07) is 3.69. The number of nitrogens with two attached hydrogens (primary N) is 1. The number of nitrogens with zero attached hydrogens (tertiary/aromatic N) is 1. The molecule has 3 N–H and O–H groups in total. The standard InChI is InChI=1S/C13H15N3O2/c1-7-4-8(2)12(5-11(7)14)16-13(17)10-6-15-18-9(10)3/h4-6H,14H2,1-3H3,(H,16,17). The predicted molar refractivity (Wildman–Crippen MR) is 69.5 cm³/mol. The van der Waals surface area contributed by atoms with Crippen LogP contribution in [0.2, 0.25) is 0 Å². The first-order chi connectivity index (χ1) is 8.49. The summed E-state index contributed by atoms with van der Waals surface area (Å²) >= 11 is 0. The van der Waals surface area contributed by atoms with Crippen molar-refractivity contribution in [3.8, 4) is 0 Å². The van der Waals surface area contributed by atoms with Gasteiger partial charge in [0.2, 0.25) is 0 Å². The maximum Gasteiger partial charge on any atom is 0.260 e. The number of amides is 1. The van der Waals surface area contributed by atoms with Crippen LogP contribution in [0.3, 0.4) is 0 Å². The lowest BCUT2D eigenvalue weighted by Crippen LogP contribution is -2.13. The van der Waals surface area contributed by atoms with Crippen molar-refractivity contribution in [2.75, 3.05) is 11.1 Å². The molecule has 0 unspecified atom stereocenters. The van der Waals surface area contributed by atoms with Crippen molar-refractivity contribution in [2.45, 2.75) is 20.8 Å². The number of benzene rings is 1. The highest BCUT2D eigenvalue weighted by Gasteiger charge is 2.14. The first-order valence-electron chi connectivity index (χ1n) is 5.58. The monoisotopic (exact) mass is 245 g/mol. The lowest BCUT2D eigenvalue weighted by Gasteiger charge is -2.10. The minimum Gasteiger partial charge on any atom is -0.398 e. The summed E-state index contributed by atoms with van der Waals surface area (Å²) in [6.07, 6.45) is 1.40. The van der Waals surface area contributed by atoms with Gasteiger partial charge in [-0.2, -0.15) is 0 Å². The van der Waals surface area contributed by atoms with Crippen molar-refractivity contribution >= 4 is 17.3 Å². The van der Waals surface area contributed by atoms with Gasteiger partial charge in [-0.25, -0.2) is 0 Å². The van der Waals surface area contributed by atoms with Gasteiger partial charge in [0.15, 0.2) is 0 Å². The number of nitrogen functional groups attached to an aromatic ring is 1. The Hall–Kier alpha value is -2.30. The van der Waals surface area contributed by atoms with Crippen LogP contribution in [-0.4, -0.2) is 11.1 Å². The molecule has 0 fully saturated rings. The largest absolute Gasteiger partial charge is 0.398 e. The molecule has 0 aliphatic rings. The lowest BCUT2D eigenvalue weighted by atomic mass is 10.1. The predicted octanol–water partition coefficient (Wildman–Crippen LogP) is 2.43. The van der Waals surface area contributed by atoms with Gasteiger partial charge < -0.3 is 15.6 Å². The van der Waals surface area contributed by atoms with E-state index in [-0.39, 0.29) is 5.91 Å². The molecule has 0 aliphatic carbocycles. The summed E-state index contributed by atoms with van der Waals surface area (Å²) < 4.78 is 4.86. The number of aromatic nitrogens is 1. The zero-order chi connectivity index (χ0) is 13.3. The molecule has 0 aliphatic heterocycles. The highest BCUT2D eigenvalue weighted by atomic mass is 16.5. The summed E-state index contributed by atoms with van der Waals surface area (Å²) in [7, 11) is 0. The van der Waals surface area contributed by atoms with Crippen molar-refractivity contribution < 1.29 is 9.32 Å². The van der Waals surface area contributed by atoms with E-state index in [2.05, 4.69) is 10.5 Å². The Morgan fingerprint density at radius 3 is 2.61 bits per heavy atom. The van der Waals surface area contributed by atoms with Crippen LogP contribution in [0.25, 0.3) is 0 Å². The van der Waals surface area contributed by atoms with E-state index >= 15 is 0 Å². The van der Waals surface area contributed by atoms with Gasteiger partial charge in [0.25, 0.3) is 5.91 Å². The quantitative estimate of drug-likeness (QED) is 0.796. The van der Waals surface area contributed by atoms with E-state index in [4.69, 9.17) is 10.3 Å². The minimum absolute atomic E-state index is 0.250. The molecule has 1 heterocycles. The van der Waals surface area contributed by atoms with E-state index in [1.54, 1.807) is 13.0 Å². The molecule has 0 spiro atoms. The number of carbonyl (C=O) groups is 1. The van der Waals surface area contributed by atoms with Crippen LogP contribution < -0.4 is 11.1 Å². The second-order valence-electron chi connectivity index (χ2n) is 4.27.